The Morgan fingerprint density at radius 3 is 2.67 bits per heavy atom. The quantitative estimate of drug-likeness (QED) is 0.458. The van der Waals surface area contributed by atoms with Crippen molar-refractivity contribution >= 4 is 17.6 Å². The summed E-state index contributed by atoms with van der Waals surface area (Å²) in [6, 6.07) is 10.3. The Labute approximate surface area is 209 Å². The van der Waals surface area contributed by atoms with Crippen molar-refractivity contribution in [2.24, 2.45) is 5.73 Å². The molecule has 1 saturated heterocycles. The van der Waals surface area contributed by atoms with Crippen LogP contribution in [0.25, 0.3) is 11.3 Å². The van der Waals surface area contributed by atoms with Gasteiger partial charge in [0.1, 0.15) is 6.07 Å². The fraction of sp³-hybridized carbons (Fsp3) is 0.423. The molecule has 186 valence electrons. The van der Waals surface area contributed by atoms with Gasteiger partial charge in [-0.25, -0.2) is 15.0 Å². The van der Waals surface area contributed by atoms with Gasteiger partial charge < -0.3 is 25.7 Å². The predicted octanol–water partition coefficient (Wildman–Crippen LogP) is 3.08. The molecule has 1 amide bonds. The molecule has 1 aliphatic heterocycles. The smallest absolute Gasteiger partial charge is 0.295 e. The molecule has 0 radical (unpaired) electrons. The minimum atomic E-state index is -0.473. The Morgan fingerprint density at radius 1 is 1.08 bits per heavy atom. The molecule has 3 atom stereocenters. The van der Waals surface area contributed by atoms with Crippen LogP contribution in [0.3, 0.4) is 0 Å². The predicted molar refractivity (Wildman–Crippen MR) is 135 cm³/mol. The lowest BCUT2D eigenvalue weighted by atomic mass is 9.89. The minimum absolute atomic E-state index is 0.192. The van der Waals surface area contributed by atoms with E-state index in [4.69, 9.17) is 15.4 Å². The molecule has 0 bridgehead atoms. The van der Waals surface area contributed by atoms with E-state index in [9.17, 15) is 4.79 Å². The maximum atomic E-state index is 11.5. The molecular weight excluding hydrogens is 456 g/mol. The van der Waals surface area contributed by atoms with Crippen LogP contribution < -0.4 is 21.3 Å². The summed E-state index contributed by atoms with van der Waals surface area (Å²) < 4.78 is 5.99. The SMILES string of the molecule is N#Cc1ncc(N2CCC[C@H](N[C@@H]3CCCC[C@H]3Nc3ncc(-c4cccc(C(N)=O)c4)o3)C2)cn1. The molecule has 2 aliphatic rings. The lowest BCUT2D eigenvalue weighted by Crippen LogP contribution is -2.55. The number of carbonyl (C=O) groups is 1. The molecule has 36 heavy (non-hydrogen) atoms. The summed E-state index contributed by atoms with van der Waals surface area (Å²) >= 11 is 0. The second-order valence-corrected chi connectivity index (χ2v) is 9.45. The van der Waals surface area contributed by atoms with Crippen LogP contribution in [0.1, 0.15) is 54.7 Å². The van der Waals surface area contributed by atoms with Crippen molar-refractivity contribution in [3.05, 3.63) is 54.2 Å². The average Bonchev–Trinajstić information content (AvgIpc) is 3.39. The standard InChI is InChI=1S/C26H30N8O2/c27-12-24-29-13-20(14-30-24)34-10-4-7-19(16-34)32-21-8-1-2-9-22(21)33-26-31-15-23(36-26)17-5-3-6-18(11-17)25(28)35/h3,5-6,11,13-15,19,21-22,32H,1-2,4,7-10,16H2,(H2,28,35)(H,31,33)/t19-,21+,22+/m0/s1. The van der Waals surface area contributed by atoms with Gasteiger partial charge in [-0.15, -0.1) is 0 Å². The molecule has 0 unspecified atom stereocenters. The fourth-order valence-electron chi connectivity index (χ4n) is 5.15. The fourth-order valence-corrected chi connectivity index (χ4v) is 5.15. The summed E-state index contributed by atoms with van der Waals surface area (Å²) in [5.41, 5.74) is 7.56. The summed E-state index contributed by atoms with van der Waals surface area (Å²) in [4.78, 5) is 26.5. The molecule has 1 aliphatic carbocycles. The summed E-state index contributed by atoms with van der Waals surface area (Å²) in [6.45, 7) is 1.83. The summed E-state index contributed by atoms with van der Waals surface area (Å²) in [5.74, 6) is 0.309. The summed E-state index contributed by atoms with van der Waals surface area (Å²) in [5, 5.41) is 16.3. The van der Waals surface area contributed by atoms with Crippen molar-refractivity contribution in [1.82, 2.24) is 20.3 Å². The van der Waals surface area contributed by atoms with Crippen molar-refractivity contribution < 1.29 is 9.21 Å². The highest BCUT2D eigenvalue weighted by atomic mass is 16.4. The number of piperidine rings is 1. The topological polar surface area (TPSA) is 146 Å². The Balaban J connectivity index is 1.23. The average molecular weight is 487 g/mol. The number of rotatable bonds is 7. The van der Waals surface area contributed by atoms with Crippen molar-refractivity contribution in [3.63, 3.8) is 0 Å². The van der Waals surface area contributed by atoms with Crippen LogP contribution in [0, 0.1) is 11.3 Å². The number of nitrogens with zero attached hydrogens (tertiary/aromatic N) is 5. The first-order valence-electron chi connectivity index (χ1n) is 12.4. The van der Waals surface area contributed by atoms with Gasteiger partial charge >= 0.3 is 0 Å². The zero-order valence-corrected chi connectivity index (χ0v) is 20.1. The van der Waals surface area contributed by atoms with E-state index in [1.165, 1.54) is 6.42 Å². The van der Waals surface area contributed by atoms with Crippen LogP contribution in [0.15, 0.2) is 47.3 Å². The molecule has 2 fully saturated rings. The lowest BCUT2D eigenvalue weighted by Gasteiger charge is -2.40. The number of aromatic nitrogens is 3. The van der Waals surface area contributed by atoms with Crippen molar-refractivity contribution in [2.75, 3.05) is 23.3 Å². The van der Waals surface area contributed by atoms with Crippen molar-refractivity contribution in [2.45, 2.75) is 56.7 Å². The van der Waals surface area contributed by atoms with Crippen LogP contribution in [0.5, 0.6) is 0 Å². The molecule has 5 rings (SSSR count). The van der Waals surface area contributed by atoms with E-state index < -0.39 is 5.91 Å². The Bertz CT molecular complexity index is 1240. The summed E-state index contributed by atoms with van der Waals surface area (Å²) in [6.07, 6.45) is 11.8. The molecule has 1 saturated carbocycles. The zero-order valence-electron chi connectivity index (χ0n) is 20.1. The second kappa shape index (κ2) is 10.7. The van der Waals surface area contributed by atoms with E-state index >= 15 is 0 Å². The number of amides is 1. The molecule has 3 heterocycles. The third-order valence-electron chi connectivity index (χ3n) is 6.99. The molecule has 1 aromatic carbocycles. The van der Waals surface area contributed by atoms with Gasteiger partial charge in [0.15, 0.2) is 5.76 Å². The number of carbonyl (C=O) groups excluding carboxylic acids is 1. The Morgan fingerprint density at radius 2 is 1.89 bits per heavy atom. The normalized spacial score (nSPS) is 22.1. The highest BCUT2D eigenvalue weighted by Gasteiger charge is 2.30. The van der Waals surface area contributed by atoms with E-state index in [0.717, 1.165) is 56.4 Å². The minimum Gasteiger partial charge on any atom is -0.424 e. The van der Waals surface area contributed by atoms with E-state index in [1.54, 1.807) is 36.8 Å². The first-order valence-corrected chi connectivity index (χ1v) is 12.4. The number of nitriles is 1. The molecule has 4 N–H and O–H groups in total. The van der Waals surface area contributed by atoms with Crippen molar-refractivity contribution in [1.29, 1.82) is 5.26 Å². The number of hydrogen-bond acceptors (Lipinski definition) is 9. The van der Waals surface area contributed by atoms with E-state index in [1.807, 2.05) is 12.1 Å². The van der Waals surface area contributed by atoms with E-state index in [0.29, 0.717) is 29.4 Å². The van der Waals surface area contributed by atoms with Crippen LogP contribution in [-0.2, 0) is 0 Å². The molecule has 3 aromatic rings. The highest BCUT2D eigenvalue weighted by molar-refractivity contribution is 5.93. The third-order valence-corrected chi connectivity index (χ3v) is 6.99. The number of nitrogens with two attached hydrogens (primary N) is 1. The van der Waals surface area contributed by atoms with Gasteiger partial charge in [0.2, 0.25) is 11.7 Å². The number of anilines is 2. The number of hydrogen-bond donors (Lipinski definition) is 3. The maximum absolute atomic E-state index is 11.5. The first kappa shape index (κ1) is 23.8. The van der Waals surface area contributed by atoms with Gasteiger partial charge in [0.25, 0.3) is 6.01 Å². The molecule has 2 aromatic heterocycles. The monoisotopic (exact) mass is 486 g/mol. The number of oxazole rings is 1. The molecule has 10 heteroatoms. The van der Waals surface area contributed by atoms with Gasteiger partial charge in [0.05, 0.1) is 24.3 Å². The van der Waals surface area contributed by atoms with Gasteiger partial charge in [-0.3, -0.25) is 4.79 Å². The largest absolute Gasteiger partial charge is 0.424 e. The zero-order chi connectivity index (χ0) is 24.9. The van der Waals surface area contributed by atoms with Gasteiger partial charge in [0, 0.05) is 42.3 Å². The molecule has 0 spiro atoms. The number of primary amides is 1. The Hall–Kier alpha value is -3.97. The van der Waals surface area contributed by atoms with Gasteiger partial charge in [-0.1, -0.05) is 25.0 Å². The Kier molecular flexibility index (Phi) is 7.09. The maximum Gasteiger partial charge on any atom is 0.295 e. The van der Waals surface area contributed by atoms with Gasteiger partial charge in [-0.2, -0.15) is 5.26 Å². The van der Waals surface area contributed by atoms with E-state index in [2.05, 4.69) is 30.5 Å². The van der Waals surface area contributed by atoms with Crippen LogP contribution in [0.2, 0.25) is 0 Å². The van der Waals surface area contributed by atoms with Crippen LogP contribution in [0.4, 0.5) is 11.7 Å². The van der Waals surface area contributed by atoms with Crippen molar-refractivity contribution in [3.8, 4) is 17.4 Å². The highest BCUT2D eigenvalue weighted by Crippen LogP contribution is 2.28. The van der Waals surface area contributed by atoms with Crippen LogP contribution >= 0.6 is 0 Å². The van der Waals surface area contributed by atoms with E-state index in [-0.39, 0.29) is 11.9 Å². The van der Waals surface area contributed by atoms with Gasteiger partial charge in [-0.05, 0) is 37.8 Å². The summed E-state index contributed by atoms with van der Waals surface area (Å²) in [7, 11) is 0. The molecule has 10 nitrogen and oxygen atoms in total. The first-order chi connectivity index (χ1) is 17.6. The lowest BCUT2D eigenvalue weighted by molar-refractivity contribution is 0.100. The number of nitrogens with one attached hydrogen (secondary N) is 2. The molecular formula is C26H30N8O2. The second-order valence-electron chi connectivity index (χ2n) is 9.45. The third kappa shape index (κ3) is 5.47. The number of benzene rings is 1. The van der Waals surface area contributed by atoms with Crippen LogP contribution in [-0.4, -0.2) is 52.1 Å².